The van der Waals surface area contributed by atoms with Crippen molar-refractivity contribution in [2.24, 2.45) is 0 Å². The van der Waals surface area contributed by atoms with Gasteiger partial charge in [0.1, 0.15) is 0 Å². The van der Waals surface area contributed by atoms with Gasteiger partial charge < -0.3 is 0 Å². The van der Waals surface area contributed by atoms with Gasteiger partial charge in [0, 0.05) is 49.4 Å². The first-order valence-electron chi connectivity index (χ1n) is 0.383. The molecule has 0 amide bonds. The maximum absolute atomic E-state index is 8.64. The Morgan fingerprint density at radius 1 is 1.75 bits per heavy atom. The quantitative estimate of drug-likeness (QED) is 0.596. The summed E-state index contributed by atoms with van der Waals surface area (Å²) in [5, 5.41) is 0. The molecule has 0 rings (SSSR count). The first kappa shape index (κ1) is 9.43. The molecule has 0 aromatic carbocycles. The molecule has 2 nitrogen and oxygen atoms in total. The summed E-state index contributed by atoms with van der Waals surface area (Å²) < 4.78 is 15.8. The molecule has 0 aromatic rings. The van der Waals surface area contributed by atoms with Gasteiger partial charge in [-0.25, -0.2) is 0 Å². The summed E-state index contributed by atoms with van der Waals surface area (Å²) in [4.78, 5) is 0. The van der Waals surface area contributed by atoms with Crippen molar-refractivity contribution in [3.05, 3.63) is 0 Å². The van der Waals surface area contributed by atoms with E-state index in [1.165, 1.54) is 0 Å². The molecule has 0 fully saturated rings. The minimum absolute atomic E-state index is 0. The zero-order valence-electron chi connectivity index (χ0n) is 1.68. The van der Waals surface area contributed by atoms with Gasteiger partial charge in [-0.3, -0.25) is 0 Å². The Labute approximate surface area is 74.7 Å². The first-order valence-corrected chi connectivity index (χ1v) is 2.26. The summed E-state index contributed by atoms with van der Waals surface area (Å²) in [7, 11) is 0. The predicted molar refractivity (Wildman–Crippen MR) is 2.91 cm³/mol. The fraction of sp³-hybridized carbons (Fsp3) is 0. The van der Waals surface area contributed by atoms with Crippen molar-refractivity contribution in [1.82, 2.24) is 0 Å². The van der Waals surface area contributed by atoms with Crippen LogP contribution in [0.25, 0.3) is 0 Å². The molecule has 1 radical (unpaired) electrons. The van der Waals surface area contributed by atoms with Crippen molar-refractivity contribution in [3.8, 4) is 0 Å². The van der Waals surface area contributed by atoms with Crippen LogP contribution in [-0.2, 0) is 23.4 Å². The summed E-state index contributed by atoms with van der Waals surface area (Å²) in [5.41, 5.74) is 0. The monoisotopic (exact) mass is 279 g/mol. The molecule has 1 N–H and O–H groups in total. The van der Waals surface area contributed by atoms with Crippen LogP contribution in [0.15, 0.2) is 0 Å². The predicted octanol–water partition coefficient (Wildman–Crippen LogP) is -0.678. The van der Waals surface area contributed by atoms with Crippen molar-refractivity contribution in [2.75, 3.05) is 0 Å². The summed E-state index contributed by atoms with van der Waals surface area (Å²) in [6.07, 6.45) is 0. The summed E-state index contributed by atoms with van der Waals surface area (Å²) >= 11 is -1.90. The second kappa shape index (κ2) is 8.92. The molecule has 0 aliphatic rings. The van der Waals surface area contributed by atoms with E-state index >= 15 is 0 Å². The molecule has 4 heavy (non-hydrogen) atoms. The van der Waals surface area contributed by atoms with Gasteiger partial charge in [0.25, 0.3) is 0 Å². The van der Waals surface area contributed by atoms with E-state index in [1.807, 2.05) is 0 Å². The summed E-state index contributed by atoms with van der Waals surface area (Å²) in [6, 6.07) is 0. The third-order valence-corrected chi connectivity index (χ3v) is 0. The van der Waals surface area contributed by atoms with Crippen LogP contribution in [0.4, 0.5) is 0 Å². The summed E-state index contributed by atoms with van der Waals surface area (Å²) in [5.74, 6) is 0. The molecule has 0 bridgehead atoms. The topological polar surface area (TPSA) is 37.3 Å². The Hall–Kier alpha value is 2.08. The SMILES string of the molecule is [Eu].[O]=[Nb][OH]. The molecular weight excluding hydrogens is 277 g/mol. The van der Waals surface area contributed by atoms with E-state index in [-0.39, 0.29) is 49.4 Å². The van der Waals surface area contributed by atoms with Gasteiger partial charge in [0.15, 0.2) is 0 Å². The van der Waals surface area contributed by atoms with Crippen LogP contribution in [-0.4, -0.2) is 3.61 Å². The van der Waals surface area contributed by atoms with Gasteiger partial charge in [-0.2, -0.15) is 0 Å². The van der Waals surface area contributed by atoms with Gasteiger partial charge in [-0.1, -0.05) is 0 Å². The standard InChI is InChI=1S/Eu.Nb.H2O.O/h;;1H2;/q;+1;;/p-1. The maximum atomic E-state index is 8.64. The van der Waals surface area contributed by atoms with Crippen molar-refractivity contribution in [1.29, 1.82) is 0 Å². The number of hydrogen-bond donors (Lipinski definition) is 1. The average Bonchev–Trinajstić information content (AvgIpc) is 0.918. The molecule has 0 aromatic heterocycles. The zero-order chi connectivity index (χ0) is 2.71. The van der Waals surface area contributed by atoms with Crippen LogP contribution in [0.2, 0.25) is 0 Å². The molecule has 0 saturated heterocycles. The molecule has 25 valence electrons. The van der Waals surface area contributed by atoms with E-state index in [9.17, 15) is 0 Å². The van der Waals surface area contributed by atoms with Gasteiger partial charge in [0.05, 0.1) is 0 Å². The normalized spacial score (nSPS) is 3.25. The van der Waals surface area contributed by atoms with Crippen molar-refractivity contribution in [2.45, 2.75) is 0 Å². The van der Waals surface area contributed by atoms with Gasteiger partial charge in [-0.05, 0) is 0 Å². The molecule has 0 aliphatic carbocycles. The van der Waals surface area contributed by atoms with Crippen LogP contribution >= 0.6 is 0 Å². The molecule has 0 spiro atoms. The van der Waals surface area contributed by atoms with E-state index in [1.54, 1.807) is 0 Å². The third-order valence-electron chi connectivity index (χ3n) is 0. The Morgan fingerprint density at radius 2 is 1.75 bits per heavy atom. The molecule has 0 aliphatic heterocycles. The van der Waals surface area contributed by atoms with Crippen LogP contribution in [0.1, 0.15) is 0 Å². The molecule has 0 heterocycles. The van der Waals surface area contributed by atoms with E-state index in [0.717, 1.165) is 0 Å². The fourth-order valence-electron chi connectivity index (χ4n) is 0. The van der Waals surface area contributed by atoms with E-state index < -0.39 is 20.1 Å². The Balaban J connectivity index is 0. The zero-order valence-corrected chi connectivity index (χ0v) is 6.30. The van der Waals surface area contributed by atoms with Crippen LogP contribution < -0.4 is 0 Å². The third kappa shape index (κ3) is 8.94. The second-order valence-corrected chi connectivity index (χ2v) is 0.483. The number of rotatable bonds is 0. The Morgan fingerprint density at radius 3 is 1.75 bits per heavy atom. The Kier molecular flexibility index (Phi) is 21.0. The number of hydrogen-bond acceptors (Lipinski definition) is 1. The Bertz CT molecular complexity index is 13.5. The molecule has 0 saturated carbocycles. The van der Waals surface area contributed by atoms with E-state index in [4.69, 9.17) is 6.86 Å². The fourth-order valence-corrected chi connectivity index (χ4v) is 0. The van der Waals surface area contributed by atoms with Crippen molar-refractivity contribution >= 4 is 0 Å². The van der Waals surface area contributed by atoms with Gasteiger partial charge in [0.2, 0.25) is 0 Å². The van der Waals surface area contributed by atoms with E-state index in [0.29, 0.717) is 0 Å². The van der Waals surface area contributed by atoms with E-state index in [2.05, 4.69) is 0 Å². The summed E-state index contributed by atoms with van der Waals surface area (Å²) in [6.45, 7) is 0. The molecular formula is HEuNbO2. The van der Waals surface area contributed by atoms with Crippen molar-refractivity contribution < 1.29 is 76.4 Å². The van der Waals surface area contributed by atoms with Crippen LogP contribution in [0.3, 0.4) is 0 Å². The first-order chi connectivity index (χ1) is 1.41. The van der Waals surface area contributed by atoms with Crippen LogP contribution in [0, 0.1) is 49.4 Å². The van der Waals surface area contributed by atoms with Crippen molar-refractivity contribution in [3.63, 3.8) is 0 Å². The molecule has 4 heteroatoms. The van der Waals surface area contributed by atoms with Crippen LogP contribution in [0.5, 0.6) is 0 Å². The molecule has 0 unspecified atom stereocenters. The average molecular weight is 278 g/mol. The minimum atomic E-state index is -1.90. The second-order valence-electron chi connectivity index (χ2n) is 0.0816. The van der Waals surface area contributed by atoms with Gasteiger partial charge in [-0.15, -0.1) is 0 Å². The molecule has 0 atom stereocenters. The van der Waals surface area contributed by atoms with Gasteiger partial charge >= 0.3 is 27.0 Å².